The lowest BCUT2D eigenvalue weighted by molar-refractivity contribution is 0.639. The van der Waals surface area contributed by atoms with Crippen molar-refractivity contribution in [2.24, 2.45) is 0 Å². The minimum Gasteiger partial charge on any atom is -0.0800 e. The van der Waals surface area contributed by atoms with Crippen LogP contribution in [0.3, 0.4) is 0 Å². The maximum absolute atomic E-state index is 2.51. The summed E-state index contributed by atoms with van der Waals surface area (Å²) in [6, 6.07) is 8.91. The first kappa shape index (κ1) is 14.3. The van der Waals surface area contributed by atoms with E-state index in [-0.39, 0.29) is 5.41 Å². The van der Waals surface area contributed by atoms with Crippen LogP contribution in [0.1, 0.15) is 25.0 Å². The molecule has 0 saturated carbocycles. The molecule has 0 amide bonds. The summed E-state index contributed by atoms with van der Waals surface area (Å²) in [7, 11) is -1.12. The molecule has 0 fully saturated rings. The smallest absolute Gasteiger partial charge is 0.0558 e. The fourth-order valence-corrected chi connectivity index (χ4v) is 4.02. The van der Waals surface area contributed by atoms with Crippen molar-refractivity contribution < 1.29 is 0 Å². The Labute approximate surface area is 119 Å². The number of benzene rings is 1. The summed E-state index contributed by atoms with van der Waals surface area (Å²) in [6.45, 7) is 14.2. The van der Waals surface area contributed by atoms with Crippen molar-refractivity contribution in [3.05, 3.63) is 59.2 Å². The molecule has 1 aromatic carbocycles. The molecule has 0 bridgehead atoms. The van der Waals surface area contributed by atoms with Gasteiger partial charge in [0.05, 0.1) is 8.07 Å². The summed E-state index contributed by atoms with van der Waals surface area (Å²) in [5.74, 6) is 0. The SMILES string of the molecule is Cc1cccc(C(C)(C)C2=CC([Si](C)(C)C)C=C2)c1. The van der Waals surface area contributed by atoms with E-state index >= 15 is 0 Å². The zero-order chi connectivity index (χ0) is 14.3. The molecule has 0 radical (unpaired) electrons. The van der Waals surface area contributed by atoms with Gasteiger partial charge in [-0.25, -0.2) is 0 Å². The van der Waals surface area contributed by atoms with Crippen LogP contribution in [0.5, 0.6) is 0 Å². The van der Waals surface area contributed by atoms with Crippen LogP contribution in [0, 0.1) is 6.92 Å². The average molecular weight is 270 g/mol. The van der Waals surface area contributed by atoms with Gasteiger partial charge in [-0.1, -0.05) is 81.5 Å². The van der Waals surface area contributed by atoms with E-state index in [2.05, 4.69) is 82.9 Å². The van der Waals surface area contributed by atoms with Gasteiger partial charge in [-0.3, -0.25) is 0 Å². The first-order valence-corrected chi connectivity index (χ1v) is 10.8. The van der Waals surface area contributed by atoms with Crippen LogP contribution < -0.4 is 0 Å². The van der Waals surface area contributed by atoms with Crippen LogP contribution in [0.15, 0.2) is 48.1 Å². The molecule has 1 heteroatoms. The fourth-order valence-electron chi connectivity index (χ4n) is 2.67. The first-order valence-electron chi connectivity index (χ1n) is 7.19. The molecule has 102 valence electrons. The van der Waals surface area contributed by atoms with Crippen molar-refractivity contribution in [1.82, 2.24) is 0 Å². The fraction of sp³-hybridized carbons (Fsp3) is 0.444. The standard InChI is InChI=1S/C18H26Si/c1-14-8-7-9-15(12-14)18(2,3)16-10-11-17(13-16)19(4,5)6/h7-13,17H,1-6H3. The van der Waals surface area contributed by atoms with Crippen molar-refractivity contribution in [3.8, 4) is 0 Å². The number of hydrogen-bond donors (Lipinski definition) is 0. The monoisotopic (exact) mass is 270 g/mol. The maximum atomic E-state index is 2.51. The van der Waals surface area contributed by atoms with Gasteiger partial charge in [0.1, 0.15) is 0 Å². The van der Waals surface area contributed by atoms with E-state index in [4.69, 9.17) is 0 Å². The average Bonchev–Trinajstić information content (AvgIpc) is 2.78. The van der Waals surface area contributed by atoms with E-state index in [9.17, 15) is 0 Å². The highest BCUT2D eigenvalue weighted by molar-refractivity contribution is 6.78. The molecule has 2 rings (SSSR count). The third-order valence-corrected chi connectivity index (χ3v) is 6.66. The van der Waals surface area contributed by atoms with Gasteiger partial charge in [-0.15, -0.1) is 0 Å². The van der Waals surface area contributed by atoms with Gasteiger partial charge in [-0.2, -0.15) is 0 Å². The van der Waals surface area contributed by atoms with Crippen LogP contribution in [0.2, 0.25) is 25.2 Å². The van der Waals surface area contributed by atoms with E-state index in [0.29, 0.717) is 5.54 Å². The lowest BCUT2D eigenvalue weighted by atomic mass is 9.77. The quantitative estimate of drug-likeness (QED) is 0.638. The molecule has 0 spiro atoms. The molecule has 1 aliphatic rings. The summed E-state index contributed by atoms with van der Waals surface area (Å²) in [4.78, 5) is 0. The van der Waals surface area contributed by atoms with Crippen molar-refractivity contribution in [2.75, 3.05) is 0 Å². The Balaban J connectivity index is 2.34. The van der Waals surface area contributed by atoms with Crippen molar-refractivity contribution >= 4 is 8.07 Å². The Morgan fingerprint density at radius 1 is 1.11 bits per heavy atom. The van der Waals surface area contributed by atoms with Gasteiger partial charge >= 0.3 is 0 Å². The number of rotatable bonds is 3. The van der Waals surface area contributed by atoms with Gasteiger partial charge < -0.3 is 0 Å². The second kappa shape index (κ2) is 4.79. The highest BCUT2D eigenvalue weighted by Crippen LogP contribution is 2.40. The Bertz CT molecular complexity index is 527. The molecule has 0 N–H and O–H groups in total. The van der Waals surface area contributed by atoms with Gasteiger partial charge in [-0.05, 0) is 23.6 Å². The number of allylic oxidation sites excluding steroid dienone is 4. The maximum Gasteiger partial charge on any atom is 0.0558 e. The second-order valence-electron chi connectivity index (χ2n) is 7.37. The molecule has 0 heterocycles. The van der Waals surface area contributed by atoms with Crippen LogP contribution >= 0.6 is 0 Å². The minimum atomic E-state index is -1.12. The summed E-state index contributed by atoms with van der Waals surface area (Å²) in [6.07, 6.45) is 7.28. The Hall–Kier alpha value is -1.08. The molecule has 1 unspecified atom stereocenters. The summed E-state index contributed by atoms with van der Waals surface area (Å²) in [5, 5.41) is 0. The number of hydrogen-bond acceptors (Lipinski definition) is 0. The molecule has 0 aliphatic heterocycles. The summed E-state index contributed by atoms with van der Waals surface area (Å²) >= 11 is 0. The van der Waals surface area contributed by atoms with Crippen LogP contribution in [-0.4, -0.2) is 8.07 Å². The molecule has 1 atom stereocenters. The van der Waals surface area contributed by atoms with Crippen LogP contribution in [0.4, 0.5) is 0 Å². The molecule has 1 aliphatic carbocycles. The number of aryl methyl sites for hydroxylation is 1. The van der Waals surface area contributed by atoms with Crippen molar-refractivity contribution in [3.63, 3.8) is 0 Å². The van der Waals surface area contributed by atoms with E-state index in [1.165, 1.54) is 16.7 Å². The Morgan fingerprint density at radius 3 is 2.32 bits per heavy atom. The first-order chi connectivity index (χ1) is 8.71. The van der Waals surface area contributed by atoms with Crippen molar-refractivity contribution in [1.29, 1.82) is 0 Å². The van der Waals surface area contributed by atoms with Crippen LogP contribution in [0.25, 0.3) is 0 Å². The van der Waals surface area contributed by atoms with E-state index in [1.807, 2.05) is 0 Å². The van der Waals surface area contributed by atoms with Gasteiger partial charge in [0.25, 0.3) is 0 Å². The highest BCUT2D eigenvalue weighted by atomic mass is 28.3. The van der Waals surface area contributed by atoms with E-state index < -0.39 is 8.07 Å². The second-order valence-corrected chi connectivity index (χ2v) is 12.8. The molecule has 0 nitrogen and oxygen atoms in total. The third-order valence-electron chi connectivity index (χ3n) is 4.30. The molecular formula is C18H26Si. The lowest BCUT2D eigenvalue weighted by Crippen LogP contribution is -2.25. The largest absolute Gasteiger partial charge is 0.0800 e. The molecular weight excluding hydrogens is 244 g/mol. The topological polar surface area (TPSA) is 0 Å². The zero-order valence-corrected chi connectivity index (χ0v) is 14.1. The lowest BCUT2D eigenvalue weighted by Gasteiger charge is -2.27. The summed E-state index contributed by atoms with van der Waals surface area (Å²) in [5.41, 5.74) is 5.03. The van der Waals surface area contributed by atoms with Gasteiger partial charge in [0.2, 0.25) is 0 Å². The molecule has 0 aromatic heterocycles. The van der Waals surface area contributed by atoms with Gasteiger partial charge in [0, 0.05) is 5.41 Å². The normalized spacial score (nSPS) is 19.7. The summed E-state index contributed by atoms with van der Waals surface area (Å²) < 4.78 is 0. The Morgan fingerprint density at radius 2 is 1.79 bits per heavy atom. The molecule has 0 saturated heterocycles. The van der Waals surface area contributed by atoms with E-state index in [0.717, 1.165) is 0 Å². The third kappa shape index (κ3) is 2.92. The minimum absolute atomic E-state index is 0.108. The molecule has 19 heavy (non-hydrogen) atoms. The van der Waals surface area contributed by atoms with Gasteiger partial charge in [0.15, 0.2) is 0 Å². The highest BCUT2D eigenvalue weighted by Gasteiger charge is 2.31. The molecule has 1 aromatic rings. The van der Waals surface area contributed by atoms with Crippen molar-refractivity contribution in [2.45, 2.75) is 51.4 Å². The predicted molar refractivity (Wildman–Crippen MR) is 88.5 cm³/mol. The van der Waals surface area contributed by atoms with E-state index in [1.54, 1.807) is 0 Å². The zero-order valence-electron chi connectivity index (χ0n) is 13.1. The Kier molecular flexibility index (Phi) is 3.61. The van der Waals surface area contributed by atoms with Crippen LogP contribution in [-0.2, 0) is 5.41 Å². The predicted octanol–water partition coefficient (Wildman–Crippen LogP) is 5.48.